The summed E-state index contributed by atoms with van der Waals surface area (Å²) >= 11 is 0. The number of hydrogen-bond acceptors (Lipinski definition) is 3. The highest BCUT2D eigenvalue weighted by molar-refractivity contribution is 5.30. The van der Waals surface area contributed by atoms with E-state index in [0.29, 0.717) is 0 Å². The van der Waals surface area contributed by atoms with Gasteiger partial charge in [-0.15, -0.1) is 0 Å². The molecule has 0 saturated carbocycles. The average molecular weight is 246 g/mol. The van der Waals surface area contributed by atoms with Crippen LogP contribution in [0.25, 0.3) is 0 Å². The Kier molecular flexibility index (Phi) is 4.48. The third kappa shape index (κ3) is 2.96. The van der Waals surface area contributed by atoms with Crippen molar-refractivity contribution >= 4 is 0 Å². The quantitative estimate of drug-likeness (QED) is 0.833. The maximum absolute atomic E-state index is 10.6. The molecule has 18 heavy (non-hydrogen) atoms. The summed E-state index contributed by atoms with van der Waals surface area (Å²) in [7, 11) is 0. The van der Waals surface area contributed by atoms with Gasteiger partial charge in [0.15, 0.2) is 0 Å². The van der Waals surface area contributed by atoms with Crippen LogP contribution in [0.15, 0.2) is 17.7 Å². The molecule has 3 heteroatoms. The van der Waals surface area contributed by atoms with E-state index in [1.54, 1.807) is 0 Å². The standard InChI is InChI=1S/C15H22N2O/c1-3-14-13(10-11(2)16-17-14)15(18)12-8-6-4-5-7-9-12/h8,10,15,18H,3-7,9H2,1-2H3. The Hall–Kier alpha value is -1.22. The summed E-state index contributed by atoms with van der Waals surface area (Å²) in [5.74, 6) is 0. The summed E-state index contributed by atoms with van der Waals surface area (Å²) < 4.78 is 0. The van der Waals surface area contributed by atoms with Gasteiger partial charge in [0, 0.05) is 5.56 Å². The van der Waals surface area contributed by atoms with E-state index in [-0.39, 0.29) is 0 Å². The first-order chi connectivity index (χ1) is 8.72. The Bertz CT molecular complexity index is 440. The normalized spacial score (nSPS) is 18.1. The van der Waals surface area contributed by atoms with Crippen LogP contribution in [0.1, 0.15) is 62.1 Å². The molecule has 3 nitrogen and oxygen atoms in total. The van der Waals surface area contributed by atoms with Crippen molar-refractivity contribution in [3.8, 4) is 0 Å². The molecule has 0 radical (unpaired) electrons. The van der Waals surface area contributed by atoms with E-state index in [1.165, 1.54) is 19.3 Å². The number of aliphatic hydroxyl groups excluding tert-OH is 1. The lowest BCUT2D eigenvalue weighted by atomic mass is 9.96. The highest BCUT2D eigenvalue weighted by atomic mass is 16.3. The van der Waals surface area contributed by atoms with E-state index in [4.69, 9.17) is 0 Å². The van der Waals surface area contributed by atoms with Gasteiger partial charge in [-0.25, -0.2) is 0 Å². The van der Waals surface area contributed by atoms with Crippen LogP contribution in [-0.2, 0) is 6.42 Å². The second-order valence-corrected chi connectivity index (χ2v) is 5.02. The van der Waals surface area contributed by atoms with E-state index in [2.05, 4.69) is 23.2 Å². The number of nitrogens with zero attached hydrogens (tertiary/aromatic N) is 2. The minimum Gasteiger partial charge on any atom is -0.384 e. The zero-order valence-corrected chi connectivity index (χ0v) is 11.3. The van der Waals surface area contributed by atoms with Gasteiger partial charge < -0.3 is 5.11 Å². The van der Waals surface area contributed by atoms with Gasteiger partial charge in [0.25, 0.3) is 0 Å². The summed E-state index contributed by atoms with van der Waals surface area (Å²) in [6.07, 6.45) is 8.32. The molecule has 0 bridgehead atoms. The van der Waals surface area contributed by atoms with Crippen LogP contribution in [0.4, 0.5) is 0 Å². The zero-order chi connectivity index (χ0) is 13.0. The number of hydrogen-bond donors (Lipinski definition) is 1. The molecule has 1 aromatic rings. The van der Waals surface area contributed by atoms with E-state index >= 15 is 0 Å². The lowest BCUT2D eigenvalue weighted by molar-refractivity contribution is 0.208. The fraction of sp³-hybridized carbons (Fsp3) is 0.600. The summed E-state index contributed by atoms with van der Waals surface area (Å²) in [4.78, 5) is 0. The van der Waals surface area contributed by atoms with E-state index in [9.17, 15) is 5.11 Å². The average Bonchev–Trinajstić information content (AvgIpc) is 2.66. The second-order valence-electron chi connectivity index (χ2n) is 5.02. The predicted molar refractivity (Wildman–Crippen MR) is 72.3 cm³/mol. The van der Waals surface area contributed by atoms with E-state index in [0.717, 1.165) is 41.8 Å². The number of aromatic nitrogens is 2. The molecular weight excluding hydrogens is 224 g/mol. The van der Waals surface area contributed by atoms with Crippen LogP contribution < -0.4 is 0 Å². The van der Waals surface area contributed by atoms with Crippen LogP contribution in [0.5, 0.6) is 0 Å². The lowest BCUT2D eigenvalue weighted by Crippen LogP contribution is -2.08. The SMILES string of the molecule is CCc1nnc(C)cc1C(O)C1=CCCCCC1. The van der Waals surface area contributed by atoms with Crippen molar-refractivity contribution < 1.29 is 5.11 Å². The molecular formula is C15H22N2O. The number of aryl methyl sites for hydroxylation is 2. The minimum atomic E-state index is -0.493. The molecule has 1 aliphatic carbocycles. The number of rotatable bonds is 3. The van der Waals surface area contributed by atoms with Gasteiger partial charge in [-0.05, 0) is 50.7 Å². The number of allylic oxidation sites excluding steroid dienone is 1. The van der Waals surface area contributed by atoms with Crippen LogP contribution in [0, 0.1) is 6.92 Å². The highest BCUT2D eigenvalue weighted by Gasteiger charge is 2.18. The topological polar surface area (TPSA) is 46.0 Å². The predicted octanol–water partition coefficient (Wildman–Crippen LogP) is 3.27. The van der Waals surface area contributed by atoms with Crippen molar-refractivity contribution in [2.24, 2.45) is 0 Å². The lowest BCUT2D eigenvalue weighted by Gasteiger charge is -2.17. The third-order valence-electron chi connectivity index (χ3n) is 3.58. The Morgan fingerprint density at radius 1 is 1.28 bits per heavy atom. The van der Waals surface area contributed by atoms with Gasteiger partial charge in [0.05, 0.1) is 11.4 Å². The maximum Gasteiger partial charge on any atom is 0.102 e. The summed E-state index contributed by atoms with van der Waals surface area (Å²) in [6, 6.07) is 1.97. The van der Waals surface area contributed by atoms with Crippen molar-refractivity contribution in [3.05, 3.63) is 34.7 Å². The third-order valence-corrected chi connectivity index (χ3v) is 3.58. The van der Waals surface area contributed by atoms with Crippen LogP contribution in [0.3, 0.4) is 0 Å². The molecule has 0 aliphatic heterocycles. The molecule has 1 heterocycles. The summed E-state index contributed by atoms with van der Waals surface area (Å²) in [6.45, 7) is 3.97. The van der Waals surface area contributed by atoms with Crippen LogP contribution in [0.2, 0.25) is 0 Å². The molecule has 1 atom stereocenters. The molecule has 0 amide bonds. The van der Waals surface area contributed by atoms with Crippen LogP contribution in [-0.4, -0.2) is 15.3 Å². The van der Waals surface area contributed by atoms with Gasteiger partial charge in [0.2, 0.25) is 0 Å². The molecule has 1 unspecified atom stereocenters. The molecule has 1 aliphatic rings. The summed E-state index contributed by atoms with van der Waals surface area (Å²) in [5, 5.41) is 18.8. The molecule has 0 saturated heterocycles. The Balaban J connectivity index is 2.29. The largest absolute Gasteiger partial charge is 0.384 e. The second kappa shape index (κ2) is 6.10. The first-order valence-electron chi connectivity index (χ1n) is 6.92. The Morgan fingerprint density at radius 2 is 2.11 bits per heavy atom. The van der Waals surface area contributed by atoms with Gasteiger partial charge in [0.1, 0.15) is 6.10 Å². The van der Waals surface area contributed by atoms with Crippen LogP contribution >= 0.6 is 0 Å². The smallest absolute Gasteiger partial charge is 0.102 e. The highest BCUT2D eigenvalue weighted by Crippen LogP contribution is 2.30. The molecule has 1 N–H and O–H groups in total. The Labute approximate surface area is 109 Å². The van der Waals surface area contributed by atoms with Gasteiger partial charge in [-0.2, -0.15) is 10.2 Å². The fourth-order valence-corrected chi connectivity index (χ4v) is 2.53. The summed E-state index contributed by atoms with van der Waals surface area (Å²) in [5.41, 5.74) is 3.89. The van der Waals surface area contributed by atoms with Gasteiger partial charge in [-0.3, -0.25) is 0 Å². The number of aliphatic hydroxyl groups is 1. The molecule has 0 fully saturated rings. The first-order valence-corrected chi connectivity index (χ1v) is 6.92. The maximum atomic E-state index is 10.6. The van der Waals surface area contributed by atoms with E-state index in [1.807, 2.05) is 13.0 Å². The van der Waals surface area contributed by atoms with Gasteiger partial charge in [-0.1, -0.05) is 19.4 Å². The molecule has 2 rings (SSSR count). The Morgan fingerprint density at radius 3 is 2.89 bits per heavy atom. The molecule has 0 aromatic carbocycles. The van der Waals surface area contributed by atoms with Gasteiger partial charge >= 0.3 is 0 Å². The fourth-order valence-electron chi connectivity index (χ4n) is 2.53. The van der Waals surface area contributed by atoms with E-state index < -0.39 is 6.10 Å². The van der Waals surface area contributed by atoms with Crippen molar-refractivity contribution in [2.45, 2.75) is 58.5 Å². The monoisotopic (exact) mass is 246 g/mol. The van der Waals surface area contributed by atoms with Crippen molar-refractivity contribution in [3.63, 3.8) is 0 Å². The first kappa shape index (κ1) is 13.2. The minimum absolute atomic E-state index is 0.493. The zero-order valence-electron chi connectivity index (χ0n) is 11.3. The van der Waals surface area contributed by atoms with Crippen molar-refractivity contribution in [1.82, 2.24) is 10.2 Å². The molecule has 98 valence electrons. The van der Waals surface area contributed by atoms with Crippen molar-refractivity contribution in [1.29, 1.82) is 0 Å². The molecule has 0 spiro atoms. The van der Waals surface area contributed by atoms with Crippen molar-refractivity contribution in [2.75, 3.05) is 0 Å². The molecule has 1 aromatic heterocycles.